The average Bonchev–Trinajstić information content (AvgIpc) is 2.29. The van der Waals surface area contributed by atoms with Crippen molar-refractivity contribution >= 4 is 0 Å². The second kappa shape index (κ2) is 4.13. The molecule has 0 unspecified atom stereocenters. The molecule has 0 aliphatic heterocycles. The highest BCUT2D eigenvalue weighted by molar-refractivity contribution is 5.64. The molecule has 0 fully saturated rings. The Hall–Kier alpha value is -1.56. The highest BCUT2D eigenvalue weighted by Gasteiger charge is 2.13. The first-order valence-electron chi connectivity index (χ1n) is 5.64. The van der Waals surface area contributed by atoms with E-state index in [9.17, 15) is 0 Å². The summed E-state index contributed by atoms with van der Waals surface area (Å²) in [7, 11) is 0. The topological polar surface area (TPSA) is 0 Å². The molecule has 2 rings (SSSR count). The fourth-order valence-corrected chi connectivity index (χ4v) is 1.74. The van der Waals surface area contributed by atoms with Crippen molar-refractivity contribution in [3.05, 3.63) is 60.2 Å². The Morgan fingerprint density at radius 3 is 2.31 bits per heavy atom. The Kier molecular flexibility index (Phi) is 2.82. The molecule has 0 atom stereocenters. The molecule has 0 spiro atoms. The van der Waals surface area contributed by atoms with Crippen LogP contribution in [0.3, 0.4) is 0 Å². The van der Waals surface area contributed by atoms with E-state index in [-0.39, 0.29) is 5.41 Å². The van der Waals surface area contributed by atoms with Gasteiger partial charge < -0.3 is 0 Å². The molecule has 0 saturated heterocycles. The van der Waals surface area contributed by atoms with Crippen molar-refractivity contribution in [1.29, 1.82) is 0 Å². The first kappa shape index (κ1) is 10.9. The first-order valence-corrected chi connectivity index (χ1v) is 5.64. The van der Waals surface area contributed by atoms with Crippen molar-refractivity contribution in [1.82, 2.24) is 0 Å². The predicted octanol–water partition coefficient (Wildman–Crippen LogP) is 4.45. The van der Waals surface area contributed by atoms with E-state index >= 15 is 0 Å². The molecule has 0 nitrogen and oxygen atoms in total. The highest BCUT2D eigenvalue weighted by Crippen LogP contribution is 2.27. The molecule has 0 heterocycles. The molecule has 2 aromatic carbocycles. The summed E-state index contributed by atoms with van der Waals surface area (Å²) < 4.78 is 0. The summed E-state index contributed by atoms with van der Waals surface area (Å²) in [5, 5.41) is 0. The summed E-state index contributed by atoms with van der Waals surface area (Å²) >= 11 is 0. The van der Waals surface area contributed by atoms with E-state index in [0.29, 0.717) is 0 Å². The molecular weight excluding hydrogens is 192 g/mol. The Balaban J connectivity index is 2.45. The van der Waals surface area contributed by atoms with E-state index < -0.39 is 0 Å². The lowest BCUT2D eigenvalue weighted by Gasteiger charge is -2.19. The quantitative estimate of drug-likeness (QED) is 0.651. The Bertz CT molecular complexity index is 461. The van der Waals surface area contributed by atoms with Crippen LogP contribution in [0.2, 0.25) is 0 Å². The maximum Gasteiger partial charge on any atom is -0.0132 e. The highest BCUT2D eigenvalue weighted by atomic mass is 14.2. The lowest BCUT2D eigenvalue weighted by Crippen LogP contribution is -2.10. The molecule has 16 heavy (non-hydrogen) atoms. The summed E-state index contributed by atoms with van der Waals surface area (Å²) in [4.78, 5) is 0. The van der Waals surface area contributed by atoms with Crippen molar-refractivity contribution in [2.45, 2.75) is 26.2 Å². The monoisotopic (exact) mass is 209 g/mol. The zero-order valence-electron chi connectivity index (χ0n) is 10.1. The van der Waals surface area contributed by atoms with Crippen LogP contribution >= 0.6 is 0 Å². The largest absolute Gasteiger partial charge is 0.0614 e. The van der Waals surface area contributed by atoms with Crippen LogP contribution in [0.25, 0.3) is 11.1 Å². The summed E-state index contributed by atoms with van der Waals surface area (Å²) in [6.45, 7) is 6.72. The van der Waals surface area contributed by atoms with E-state index in [1.807, 2.05) is 18.2 Å². The molecule has 0 heteroatoms. The third-order valence-electron chi connectivity index (χ3n) is 2.77. The van der Waals surface area contributed by atoms with E-state index in [4.69, 9.17) is 0 Å². The minimum Gasteiger partial charge on any atom is -0.0614 e. The van der Waals surface area contributed by atoms with Crippen LogP contribution in [-0.2, 0) is 5.41 Å². The third kappa shape index (κ3) is 2.33. The Labute approximate surface area is 97.9 Å². The van der Waals surface area contributed by atoms with Crippen LogP contribution in [-0.4, -0.2) is 0 Å². The van der Waals surface area contributed by atoms with Gasteiger partial charge in [0.1, 0.15) is 0 Å². The van der Waals surface area contributed by atoms with Gasteiger partial charge in [0.25, 0.3) is 0 Å². The second-order valence-corrected chi connectivity index (χ2v) is 5.12. The van der Waals surface area contributed by atoms with Gasteiger partial charge in [0.15, 0.2) is 0 Å². The normalized spacial score (nSPS) is 11.4. The summed E-state index contributed by atoms with van der Waals surface area (Å²) in [6.07, 6.45) is 0. The second-order valence-electron chi connectivity index (χ2n) is 5.12. The van der Waals surface area contributed by atoms with Crippen molar-refractivity contribution in [3.8, 4) is 11.1 Å². The Morgan fingerprint density at radius 2 is 1.69 bits per heavy atom. The third-order valence-corrected chi connectivity index (χ3v) is 2.77. The number of hydrogen-bond acceptors (Lipinski definition) is 0. The van der Waals surface area contributed by atoms with Crippen LogP contribution < -0.4 is 0 Å². The van der Waals surface area contributed by atoms with Gasteiger partial charge in [-0.3, -0.25) is 0 Å². The maximum absolute atomic E-state index is 3.12. The van der Waals surface area contributed by atoms with Gasteiger partial charge in [-0.15, -0.1) is 0 Å². The van der Waals surface area contributed by atoms with Gasteiger partial charge in [0, 0.05) is 0 Å². The molecule has 0 aromatic heterocycles. The van der Waals surface area contributed by atoms with Gasteiger partial charge in [-0.25, -0.2) is 0 Å². The number of benzene rings is 2. The van der Waals surface area contributed by atoms with Gasteiger partial charge in [0.2, 0.25) is 0 Å². The van der Waals surface area contributed by atoms with Gasteiger partial charge in [0.05, 0.1) is 0 Å². The maximum atomic E-state index is 3.12. The van der Waals surface area contributed by atoms with Crippen LogP contribution in [0.15, 0.2) is 48.5 Å². The first-order chi connectivity index (χ1) is 7.57. The van der Waals surface area contributed by atoms with Crippen molar-refractivity contribution in [3.63, 3.8) is 0 Å². The fourth-order valence-electron chi connectivity index (χ4n) is 1.74. The molecule has 0 amide bonds. The van der Waals surface area contributed by atoms with Crippen molar-refractivity contribution in [2.24, 2.45) is 0 Å². The fraction of sp³-hybridized carbons (Fsp3) is 0.250. The van der Waals surface area contributed by atoms with Crippen LogP contribution in [0.5, 0.6) is 0 Å². The average molecular weight is 209 g/mol. The SMILES string of the molecule is CC(C)(C)c1cccc(-c2c[c]ccc2)c1. The minimum absolute atomic E-state index is 0.203. The molecule has 2 aromatic rings. The Morgan fingerprint density at radius 1 is 0.938 bits per heavy atom. The molecule has 0 saturated carbocycles. The lowest BCUT2D eigenvalue weighted by molar-refractivity contribution is 0.590. The van der Waals surface area contributed by atoms with E-state index in [1.165, 1.54) is 16.7 Å². The zero-order valence-corrected chi connectivity index (χ0v) is 10.1. The molecular formula is C16H17. The van der Waals surface area contributed by atoms with Crippen LogP contribution in [0.4, 0.5) is 0 Å². The van der Waals surface area contributed by atoms with E-state index in [2.05, 4.69) is 57.2 Å². The van der Waals surface area contributed by atoms with Gasteiger partial charge in [-0.2, -0.15) is 0 Å². The van der Waals surface area contributed by atoms with Gasteiger partial charge in [-0.05, 0) is 34.2 Å². The van der Waals surface area contributed by atoms with E-state index in [1.54, 1.807) is 0 Å². The lowest BCUT2D eigenvalue weighted by atomic mass is 9.85. The number of hydrogen-bond donors (Lipinski definition) is 0. The van der Waals surface area contributed by atoms with Crippen LogP contribution in [0, 0.1) is 6.07 Å². The molecule has 1 radical (unpaired) electrons. The summed E-state index contributed by atoms with van der Waals surface area (Å²) in [5.74, 6) is 0. The van der Waals surface area contributed by atoms with Gasteiger partial charge in [-0.1, -0.05) is 63.2 Å². The summed E-state index contributed by atoms with van der Waals surface area (Å²) in [5.41, 5.74) is 4.07. The van der Waals surface area contributed by atoms with Crippen molar-refractivity contribution < 1.29 is 0 Å². The molecule has 0 bridgehead atoms. The predicted molar refractivity (Wildman–Crippen MR) is 69.4 cm³/mol. The molecule has 0 aliphatic rings. The summed E-state index contributed by atoms with van der Waals surface area (Å²) in [6, 6.07) is 20.0. The smallest absolute Gasteiger partial charge is 0.0132 e. The standard InChI is InChI=1S/C16H17/c1-16(2,3)15-11-7-10-14(12-15)13-8-5-4-6-9-13/h4-5,7-12H,1-3H3. The molecule has 81 valence electrons. The molecule has 0 aliphatic carbocycles. The zero-order chi connectivity index (χ0) is 11.6. The molecule has 0 N–H and O–H groups in total. The van der Waals surface area contributed by atoms with Crippen molar-refractivity contribution in [2.75, 3.05) is 0 Å². The van der Waals surface area contributed by atoms with Crippen LogP contribution in [0.1, 0.15) is 26.3 Å². The minimum atomic E-state index is 0.203. The number of rotatable bonds is 1. The van der Waals surface area contributed by atoms with E-state index in [0.717, 1.165) is 0 Å². The van der Waals surface area contributed by atoms with Gasteiger partial charge >= 0.3 is 0 Å².